The SMILES string of the molecule is CC(=O)Oc1cc(OCCN2CCOCC2)cc2oc(-c3ccccc3)cc(=O)c12. The molecule has 2 heterocycles. The molecule has 4 rings (SSSR count). The van der Waals surface area contributed by atoms with Crippen molar-refractivity contribution in [1.82, 2.24) is 4.90 Å². The summed E-state index contributed by atoms with van der Waals surface area (Å²) in [6.07, 6.45) is 0. The van der Waals surface area contributed by atoms with E-state index in [1.54, 1.807) is 12.1 Å². The summed E-state index contributed by atoms with van der Waals surface area (Å²) in [5, 5.41) is 0.213. The molecule has 1 aromatic heterocycles. The van der Waals surface area contributed by atoms with Gasteiger partial charge in [-0.15, -0.1) is 0 Å². The standard InChI is InChI=1S/C23H23NO6/c1-16(25)29-21-13-18(28-12-9-24-7-10-27-11-8-24)14-22-23(21)19(26)15-20(30-22)17-5-3-2-4-6-17/h2-6,13-15H,7-12H2,1H3. The average molecular weight is 409 g/mol. The summed E-state index contributed by atoms with van der Waals surface area (Å²) in [5.74, 6) is 0.524. The number of ether oxygens (including phenoxy) is 3. The first kappa shape index (κ1) is 20.1. The van der Waals surface area contributed by atoms with Gasteiger partial charge in [-0.3, -0.25) is 14.5 Å². The lowest BCUT2D eigenvalue weighted by Gasteiger charge is -2.26. The van der Waals surface area contributed by atoms with E-state index < -0.39 is 5.97 Å². The van der Waals surface area contributed by atoms with Crippen molar-refractivity contribution in [1.29, 1.82) is 0 Å². The van der Waals surface area contributed by atoms with Crippen LogP contribution in [-0.2, 0) is 9.53 Å². The highest BCUT2D eigenvalue weighted by Gasteiger charge is 2.16. The molecule has 1 fully saturated rings. The van der Waals surface area contributed by atoms with Crippen LogP contribution in [0.3, 0.4) is 0 Å². The van der Waals surface area contributed by atoms with E-state index >= 15 is 0 Å². The Balaban J connectivity index is 1.66. The molecule has 156 valence electrons. The lowest BCUT2D eigenvalue weighted by atomic mass is 10.1. The zero-order valence-electron chi connectivity index (χ0n) is 16.8. The van der Waals surface area contributed by atoms with Gasteiger partial charge in [0.25, 0.3) is 0 Å². The molecule has 30 heavy (non-hydrogen) atoms. The van der Waals surface area contributed by atoms with Crippen LogP contribution in [0.5, 0.6) is 11.5 Å². The number of hydrogen-bond acceptors (Lipinski definition) is 7. The number of hydrogen-bond donors (Lipinski definition) is 0. The lowest BCUT2D eigenvalue weighted by Crippen LogP contribution is -2.38. The second-order valence-electron chi connectivity index (χ2n) is 7.03. The Bertz CT molecular complexity index is 1090. The van der Waals surface area contributed by atoms with Crippen LogP contribution in [0, 0.1) is 0 Å². The summed E-state index contributed by atoms with van der Waals surface area (Å²) in [5.41, 5.74) is 0.803. The minimum absolute atomic E-state index is 0.134. The van der Waals surface area contributed by atoms with Crippen molar-refractivity contribution >= 4 is 16.9 Å². The highest BCUT2D eigenvalue weighted by atomic mass is 16.5. The first-order valence-electron chi connectivity index (χ1n) is 9.89. The van der Waals surface area contributed by atoms with Crippen LogP contribution in [-0.4, -0.2) is 50.3 Å². The summed E-state index contributed by atoms with van der Waals surface area (Å²) in [4.78, 5) is 26.6. The molecule has 0 saturated carbocycles. The molecule has 0 atom stereocenters. The van der Waals surface area contributed by atoms with E-state index in [1.165, 1.54) is 13.0 Å². The van der Waals surface area contributed by atoms with Crippen LogP contribution in [0.25, 0.3) is 22.3 Å². The van der Waals surface area contributed by atoms with E-state index in [4.69, 9.17) is 18.6 Å². The van der Waals surface area contributed by atoms with Crippen LogP contribution < -0.4 is 14.9 Å². The highest BCUT2D eigenvalue weighted by Crippen LogP contribution is 2.32. The number of esters is 1. The molecule has 0 aliphatic carbocycles. The van der Waals surface area contributed by atoms with Crippen molar-refractivity contribution in [2.75, 3.05) is 39.5 Å². The fourth-order valence-electron chi connectivity index (χ4n) is 3.41. The van der Waals surface area contributed by atoms with E-state index in [0.717, 1.165) is 38.4 Å². The summed E-state index contributed by atoms with van der Waals surface area (Å²) in [7, 11) is 0. The van der Waals surface area contributed by atoms with Crippen molar-refractivity contribution in [3.05, 3.63) is 58.8 Å². The molecule has 1 saturated heterocycles. The van der Waals surface area contributed by atoms with Gasteiger partial charge in [-0.2, -0.15) is 0 Å². The van der Waals surface area contributed by atoms with Gasteiger partial charge in [-0.25, -0.2) is 0 Å². The van der Waals surface area contributed by atoms with E-state index in [-0.39, 0.29) is 16.6 Å². The molecular formula is C23H23NO6. The van der Waals surface area contributed by atoms with Gasteiger partial charge in [-0.1, -0.05) is 30.3 Å². The van der Waals surface area contributed by atoms with Gasteiger partial charge in [0, 0.05) is 50.3 Å². The van der Waals surface area contributed by atoms with Crippen molar-refractivity contribution < 1.29 is 23.4 Å². The third-order valence-electron chi connectivity index (χ3n) is 4.86. The Morgan fingerprint density at radius 1 is 1.10 bits per heavy atom. The molecular weight excluding hydrogens is 386 g/mol. The third kappa shape index (κ3) is 4.69. The molecule has 0 spiro atoms. The van der Waals surface area contributed by atoms with Gasteiger partial charge < -0.3 is 18.6 Å². The third-order valence-corrected chi connectivity index (χ3v) is 4.86. The van der Waals surface area contributed by atoms with Crippen molar-refractivity contribution in [2.45, 2.75) is 6.92 Å². The molecule has 0 unspecified atom stereocenters. The number of morpholine rings is 1. The van der Waals surface area contributed by atoms with Crippen LogP contribution >= 0.6 is 0 Å². The zero-order chi connectivity index (χ0) is 20.9. The Morgan fingerprint density at radius 3 is 2.60 bits per heavy atom. The average Bonchev–Trinajstić information content (AvgIpc) is 2.74. The molecule has 0 N–H and O–H groups in total. The molecule has 0 amide bonds. The number of nitrogens with zero attached hydrogens (tertiary/aromatic N) is 1. The maximum absolute atomic E-state index is 12.8. The summed E-state index contributed by atoms with van der Waals surface area (Å²) < 4.78 is 22.5. The number of carbonyl (C=O) groups is 1. The second-order valence-corrected chi connectivity index (χ2v) is 7.03. The molecule has 1 aliphatic heterocycles. The smallest absolute Gasteiger partial charge is 0.308 e. The molecule has 1 aliphatic rings. The van der Waals surface area contributed by atoms with Crippen LogP contribution in [0.4, 0.5) is 0 Å². The normalized spacial score (nSPS) is 14.6. The molecule has 7 nitrogen and oxygen atoms in total. The fraction of sp³-hybridized carbons (Fsp3) is 0.304. The van der Waals surface area contributed by atoms with Crippen molar-refractivity contribution in [2.24, 2.45) is 0 Å². The van der Waals surface area contributed by atoms with Crippen LogP contribution in [0.15, 0.2) is 57.7 Å². The van der Waals surface area contributed by atoms with Gasteiger partial charge in [-0.05, 0) is 0 Å². The largest absolute Gasteiger partial charge is 0.492 e. The van der Waals surface area contributed by atoms with Crippen molar-refractivity contribution in [3.8, 4) is 22.8 Å². The minimum Gasteiger partial charge on any atom is -0.492 e. The van der Waals surface area contributed by atoms with Gasteiger partial charge in [0.2, 0.25) is 0 Å². The number of benzene rings is 2. The van der Waals surface area contributed by atoms with E-state index in [2.05, 4.69) is 4.90 Å². The maximum atomic E-state index is 12.8. The second kappa shape index (κ2) is 9.11. The monoisotopic (exact) mass is 409 g/mol. The molecule has 0 radical (unpaired) electrons. The predicted molar refractivity (Wildman–Crippen MR) is 112 cm³/mol. The molecule has 3 aromatic rings. The minimum atomic E-state index is -0.520. The van der Waals surface area contributed by atoms with E-state index in [0.29, 0.717) is 23.7 Å². The zero-order valence-corrected chi connectivity index (χ0v) is 16.8. The van der Waals surface area contributed by atoms with Crippen LogP contribution in [0.2, 0.25) is 0 Å². The van der Waals surface area contributed by atoms with Gasteiger partial charge in [0.15, 0.2) is 5.43 Å². The summed E-state index contributed by atoms with van der Waals surface area (Å²) >= 11 is 0. The first-order valence-corrected chi connectivity index (χ1v) is 9.89. The Morgan fingerprint density at radius 2 is 1.87 bits per heavy atom. The quantitative estimate of drug-likeness (QED) is 0.457. The highest BCUT2D eigenvalue weighted by molar-refractivity contribution is 5.88. The Hall–Kier alpha value is -3.16. The molecule has 7 heteroatoms. The molecule has 0 bridgehead atoms. The fourth-order valence-corrected chi connectivity index (χ4v) is 3.41. The number of carbonyl (C=O) groups excluding carboxylic acids is 1. The number of fused-ring (bicyclic) bond motifs is 1. The van der Waals surface area contributed by atoms with E-state index in [1.807, 2.05) is 30.3 Å². The Kier molecular flexibility index (Phi) is 6.11. The summed E-state index contributed by atoms with van der Waals surface area (Å²) in [6, 6.07) is 14.0. The van der Waals surface area contributed by atoms with Gasteiger partial charge >= 0.3 is 5.97 Å². The topological polar surface area (TPSA) is 78.2 Å². The van der Waals surface area contributed by atoms with Gasteiger partial charge in [0.05, 0.1) is 13.2 Å². The lowest BCUT2D eigenvalue weighted by molar-refractivity contribution is -0.131. The Labute approximate surface area is 173 Å². The summed E-state index contributed by atoms with van der Waals surface area (Å²) in [6.45, 7) is 5.67. The predicted octanol–water partition coefficient (Wildman–Crippen LogP) is 3.10. The van der Waals surface area contributed by atoms with Crippen molar-refractivity contribution in [3.63, 3.8) is 0 Å². The number of rotatable bonds is 6. The molecule has 2 aromatic carbocycles. The first-order chi connectivity index (χ1) is 14.6. The van der Waals surface area contributed by atoms with E-state index in [9.17, 15) is 9.59 Å². The van der Waals surface area contributed by atoms with Gasteiger partial charge in [0.1, 0.15) is 34.8 Å². The maximum Gasteiger partial charge on any atom is 0.308 e. The van der Waals surface area contributed by atoms with Crippen LogP contribution in [0.1, 0.15) is 6.92 Å².